The molecule has 114 valence electrons. The zero-order chi connectivity index (χ0) is 14.5. The van der Waals surface area contributed by atoms with E-state index in [1.165, 1.54) is 57.8 Å². The topological polar surface area (TPSA) is 23.6 Å². The van der Waals surface area contributed by atoms with Crippen LogP contribution in [0.3, 0.4) is 0 Å². The van der Waals surface area contributed by atoms with Gasteiger partial charge < -0.3 is 0 Å². The molecule has 19 heavy (non-hydrogen) atoms. The Morgan fingerprint density at radius 1 is 0.789 bits per heavy atom. The minimum absolute atomic E-state index is 0.140. The number of rotatable bonds is 12. The predicted molar refractivity (Wildman–Crippen MR) is 82.9 cm³/mol. The molecule has 0 bridgehead atoms. The smallest absolute Gasteiger partial charge is 0.233 e. The number of nitrogens with zero attached hydrogens (tertiary/aromatic N) is 2. The summed E-state index contributed by atoms with van der Waals surface area (Å²) in [5.41, 5.74) is 0. The van der Waals surface area contributed by atoms with E-state index >= 15 is 0 Å². The molecule has 1 amide bonds. The van der Waals surface area contributed by atoms with Crippen LogP contribution < -0.4 is 0 Å². The first kappa shape index (κ1) is 18.4. The molecule has 0 unspecified atom stereocenters. The lowest BCUT2D eigenvalue weighted by Crippen LogP contribution is -2.41. The Hall–Kier alpha value is -0.570. The molecule has 0 radical (unpaired) electrons. The number of hydrogen-bond acceptors (Lipinski definition) is 2. The molecule has 0 saturated heterocycles. The van der Waals surface area contributed by atoms with E-state index in [1.54, 1.807) is 6.92 Å². The minimum atomic E-state index is 0.140. The molecule has 0 spiro atoms. The van der Waals surface area contributed by atoms with Gasteiger partial charge in [-0.3, -0.25) is 9.80 Å². The first-order chi connectivity index (χ1) is 9.09. The standard InChI is InChI=1S/C16H34N2O/c1-5-6-7-8-9-10-11-12-13-14-15-18(16(2)19)17(3)4/h5-15H2,1-4H3. The van der Waals surface area contributed by atoms with Crippen LogP contribution in [0.2, 0.25) is 0 Å². The average Bonchev–Trinajstić information content (AvgIpc) is 2.35. The van der Waals surface area contributed by atoms with Crippen LogP contribution in [0, 0.1) is 0 Å². The van der Waals surface area contributed by atoms with Crippen molar-refractivity contribution in [2.45, 2.75) is 78.1 Å². The molecule has 3 heteroatoms. The van der Waals surface area contributed by atoms with Gasteiger partial charge in [-0.2, -0.15) is 0 Å². The molecule has 0 atom stereocenters. The van der Waals surface area contributed by atoms with Gasteiger partial charge in [0.25, 0.3) is 0 Å². The lowest BCUT2D eigenvalue weighted by molar-refractivity contribution is -0.142. The molecule has 0 aromatic rings. The number of carbonyl (C=O) groups is 1. The number of unbranched alkanes of at least 4 members (excludes halogenated alkanes) is 9. The Morgan fingerprint density at radius 3 is 1.58 bits per heavy atom. The predicted octanol–water partition coefficient (Wildman–Crippen LogP) is 4.23. The van der Waals surface area contributed by atoms with Crippen LogP contribution in [0.15, 0.2) is 0 Å². The van der Waals surface area contributed by atoms with Gasteiger partial charge in [-0.05, 0) is 6.42 Å². The minimum Gasteiger partial charge on any atom is -0.276 e. The number of carbonyl (C=O) groups excluding carboxylic acids is 1. The van der Waals surface area contributed by atoms with E-state index in [0.717, 1.165) is 13.0 Å². The number of hydrazine groups is 1. The summed E-state index contributed by atoms with van der Waals surface area (Å²) in [5.74, 6) is 0.140. The highest BCUT2D eigenvalue weighted by Crippen LogP contribution is 2.10. The van der Waals surface area contributed by atoms with Gasteiger partial charge in [0.2, 0.25) is 5.91 Å². The molecule has 0 aliphatic rings. The average molecular weight is 270 g/mol. The summed E-state index contributed by atoms with van der Waals surface area (Å²) in [4.78, 5) is 11.4. The van der Waals surface area contributed by atoms with E-state index in [0.29, 0.717) is 0 Å². The zero-order valence-corrected chi connectivity index (χ0v) is 13.6. The Morgan fingerprint density at radius 2 is 1.21 bits per heavy atom. The molecular weight excluding hydrogens is 236 g/mol. The van der Waals surface area contributed by atoms with E-state index in [1.807, 2.05) is 24.1 Å². The third-order valence-corrected chi connectivity index (χ3v) is 3.57. The highest BCUT2D eigenvalue weighted by atomic mass is 16.2. The van der Waals surface area contributed by atoms with Gasteiger partial charge in [0.1, 0.15) is 0 Å². The maximum absolute atomic E-state index is 11.4. The molecule has 0 heterocycles. The first-order valence-electron chi connectivity index (χ1n) is 8.05. The molecule has 0 rings (SSSR count). The summed E-state index contributed by atoms with van der Waals surface area (Å²) >= 11 is 0. The zero-order valence-electron chi connectivity index (χ0n) is 13.6. The fourth-order valence-electron chi connectivity index (χ4n) is 2.39. The van der Waals surface area contributed by atoms with Gasteiger partial charge in [-0.15, -0.1) is 0 Å². The molecule has 0 aliphatic carbocycles. The largest absolute Gasteiger partial charge is 0.276 e. The Balaban J connectivity index is 3.32. The van der Waals surface area contributed by atoms with Crippen LogP contribution in [-0.2, 0) is 4.79 Å². The number of amides is 1. The van der Waals surface area contributed by atoms with Gasteiger partial charge in [0.05, 0.1) is 0 Å². The second kappa shape index (κ2) is 12.5. The van der Waals surface area contributed by atoms with Crippen molar-refractivity contribution < 1.29 is 4.79 Å². The van der Waals surface area contributed by atoms with Crippen LogP contribution in [0.4, 0.5) is 0 Å². The Labute approximate surface area is 120 Å². The molecule has 0 N–H and O–H groups in total. The van der Waals surface area contributed by atoms with Crippen molar-refractivity contribution in [3.8, 4) is 0 Å². The van der Waals surface area contributed by atoms with Crippen LogP contribution in [0.1, 0.15) is 78.1 Å². The SMILES string of the molecule is CCCCCCCCCCCCN(C(C)=O)N(C)C. The summed E-state index contributed by atoms with van der Waals surface area (Å²) in [5, 5.41) is 3.70. The maximum atomic E-state index is 11.4. The highest BCUT2D eigenvalue weighted by Gasteiger charge is 2.09. The van der Waals surface area contributed by atoms with Crippen molar-refractivity contribution >= 4 is 5.91 Å². The van der Waals surface area contributed by atoms with E-state index in [9.17, 15) is 4.79 Å². The molecule has 0 aromatic heterocycles. The molecular formula is C16H34N2O. The van der Waals surface area contributed by atoms with Crippen LogP contribution in [-0.4, -0.2) is 36.6 Å². The van der Waals surface area contributed by atoms with Gasteiger partial charge in [0, 0.05) is 27.6 Å². The summed E-state index contributed by atoms with van der Waals surface area (Å²) < 4.78 is 0. The van der Waals surface area contributed by atoms with E-state index in [4.69, 9.17) is 0 Å². The van der Waals surface area contributed by atoms with Crippen molar-refractivity contribution in [2.24, 2.45) is 0 Å². The van der Waals surface area contributed by atoms with Crippen LogP contribution in [0.5, 0.6) is 0 Å². The Bertz CT molecular complexity index is 217. The maximum Gasteiger partial charge on any atom is 0.233 e. The lowest BCUT2D eigenvalue weighted by atomic mass is 10.1. The second-order valence-electron chi connectivity index (χ2n) is 5.67. The monoisotopic (exact) mass is 270 g/mol. The summed E-state index contributed by atoms with van der Waals surface area (Å²) in [6.07, 6.45) is 13.4. The lowest BCUT2D eigenvalue weighted by Gasteiger charge is -2.27. The van der Waals surface area contributed by atoms with Gasteiger partial charge >= 0.3 is 0 Å². The summed E-state index contributed by atoms with van der Waals surface area (Å²) in [7, 11) is 3.86. The van der Waals surface area contributed by atoms with Gasteiger partial charge in [-0.25, -0.2) is 5.01 Å². The van der Waals surface area contributed by atoms with E-state index in [2.05, 4.69) is 6.92 Å². The molecule has 0 aromatic carbocycles. The van der Waals surface area contributed by atoms with Gasteiger partial charge in [-0.1, -0.05) is 64.7 Å². The van der Waals surface area contributed by atoms with Crippen molar-refractivity contribution in [1.29, 1.82) is 0 Å². The van der Waals surface area contributed by atoms with E-state index in [-0.39, 0.29) is 5.91 Å². The quantitative estimate of drug-likeness (QED) is 0.391. The second-order valence-corrected chi connectivity index (χ2v) is 5.67. The van der Waals surface area contributed by atoms with E-state index < -0.39 is 0 Å². The highest BCUT2D eigenvalue weighted by molar-refractivity contribution is 5.72. The fraction of sp³-hybridized carbons (Fsp3) is 0.938. The molecule has 3 nitrogen and oxygen atoms in total. The molecule has 0 saturated carbocycles. The third kappa shape index (κ3) is 11.0. The summed E-state index contributed by atoms with van der Waals surface area (Å²) in [6, 6.07) is 0. The first-order valence-corrected chi connectivity index (χ1v) is 8.05. The van der Waals surface area contributed by atoms with Crippen LogP contribution >= 0.6 is 0 Å². The molecule has 0 aliphatic heterocycles. The third-order valence-electron chi connectivity index (χ3n) is 3.57. The van der Waals surface area contributed by atoms with Crippen molar-refractivity contribution in [3.05, 3.63) is 0 Å². The fourth-order valence-corrected chi connectivity index (χ4v) is 2.39. The van der Waals surface area contributed by atoms with Crippen molar-refractivity contribution in [1.82, 2.24) is 10.0 Å². The molecule has 0 fully saturated rings. The van der Waals surface area contributed by atoms with Gasteiger partial charge in [0.15, 0.2) is 0 Å². The van der Waals surface area contributed by atoms with Crippen molar-refractivity contribution in [3.63, 3.8) is 0 Å². The summed E-state index contributed by atoms with van der Waals surface area (Å²) in [6.45, 7) is 4.76. The normalized spacial score (nSPS) is 11.0. The van der Waals surface area contributed by atoms with Crippen LogP contribution in [0.25, 0.3) is 0 Å². The number of hydrogen-bond donors (Lipinski definition) is 0. The Kier molecular flexibility index (Phi) is 12.1. The van der Waals surface area contributed by atoms with Crippen molar-refractivity contribution in [2.75, 3.05) is 20.6 Å².